The van der Waals surface area contributed by atoms with Crippen LogP contribution in [0.4, 0.5) is 17.1 Å². The lowest BCUT2D eigenvalue weighted by Crippen LogP contribution is -2.48. The molecule has 0 saturated heterocycles. The summed E-state index contributed by atoms with van der Waals surface area (Å²) in [6.45, 7) is 0. The van der Waals surface area contributed by atoms with Gasteiger partial charge in [-0.1, -0.05) is 91.7 Å². The van der Waals surface area contributed by atoms with Crippen molar-refractivity contribution in [3.8, 4) is 0 Å². The quantitative estimate of drug-likeness (QED) is 0.128. The average Bonchev–Trinajstić information content (AvgIpc) is 3.49. The zero-order valence-corrected chi connectivity index (χ0v) is 25.1. The first-order valence-electron chi connectivity index (χ1n) is 15.4. The fourth-order valence-electron chi connectivity index (χ4n) is 6.83. The third kappa shape index (κ3) is 5.01. The SMILES string of the molecule is CN(C)[C@H]1CCCC[C@@H]1Nc1c(Nc2ccc3ccccc3c2/C(=C\c2ccccc2)c2c[nH]c3ccccc23)c(=O)c1=O. The molecule has 2 atom stereocenters. The standard InChI is InChI=1S/C38H36N4O2/c1-42(2)33-19-11-10-18-31(33)40-35-36(38(44)37(35)43)41-32-21-20-25-14-6-7-15-26(25)34(32)28(22-24-12-4-3-5-13-24)29-23-39-30-17-9-8-16-27(29)30/h3-9,12-17,20-23,31,33,39-41H,10-11,18-19H2,1-2H3/b28-22-/t31-,33-/m0/s1. The number of fused-ring (bicyclic) bond motifs is 2. The van der Waals surface area contributed by atoms with Crippen LogP contribution in [0.25, 0.3) is 33.3 Å². The van der Waals surface area contributed by atoms with Crippen LogP contribution in [0.15, 0.2) is 107 Å². The van der Waals surface area contributed by atoms with Gasteiger partial charge in [0.1, 0.15) is 11.4 Å². The van der Waals surface area contributed by atoms with E-state index >= 15 is 0 Å². The molecule has 1 aliphatic carbocycles. The topological polar surface area (TPSA) is 77.2 Å². The Kier molecular flexibility index (Phi) is 7.36. The van der Waals surface area contributed by atoms with Gasteiger partial charge < -0.3 is 20.5 Å². The van der Waals surface area contributed by atoms with Crippen LogP contribution in [-0.4, -0.2) is 36.1 Å². The molecule has 0 unspecified atom stereocenters. The van der Waals surface area contributed by atoms with Gasteiger partial charge in [0.2, 0.25) is 0 Å². The molecule has 0 amide bonds. The maximum atomic E-state index is 13.1. The number of rotatable bonds is 8. The van der Waals surface area contributed by atoms with Gasteiger partial charge >= 0.3 is 0 Å². The van der Waals surface area contributed by atoms with E-state index in [2.05, 4.69) is 95.4 Å². The van der Waals surface area contributed by atoms with Gasteiger partial charge in [0.05, 0.1) is 0 Å². The zero-order valence-electron chi connectivity index (χ0n) is 25.1. The molecule has 0 aliphatic heterocycles. The number of benzene rings is 4. The normalized spacial score (nSPS) is 17.5. The molecule has 5 aromatic carbocycles. The van der Waals surface area contributed by atoms with Crippen molar-refractivity contribution in [2.75, 3.05) is 24.7 Å². The Labute approximate surface area is 256 Å². The second kappa shape index (κ2) is 11.6. The highest BCUT2D eigenvalue weighted by molar-refractivity contribution is 6.11. The Morgan fingerprint density at radius 1 is 0.795 bits per heavy atom. The van der Waals surface area contributed by atoms with Gasteiger partial charge in [0.15, 0.2) is 0 Å². The summed E-state index contributed by atoms with van der Waals surface area (Å²) in [5.74, 6) is 0. The predicted molar refractivity (Wildman–Crippen MR) is 184 cm³/mol. The molecule has 6 nitrogen and oxygen atoms in total. The van der Waals surface area contributed by atoms with Crippen LogP contribution in [0.3, 0.4) is 0 Å². The van der Waals surface area contributed by atoms with E-state index in [1.807, 2.05) is 42.5 Å². The van der Waals surface area contributed by atoms with Gasteiger partial charge in [-0.3, -0.25) is 9.59 Å². The van der Waals surface area contributed by atoms with Gasteiger partial charge in [-0.2, -0.15) is 0 Å². The van der Waals surface area contributed by atoms with E-state index in [9.17, 15) is 9.59 Å². The number of likely N-dealkylation sites (N-methyl/N-ethyl adjacent to an activating group) is 1. The van der Waals surface area contributed by atoms with Crippen molar-refractivity contribution in [3.05, 3.63) is 134 Å². The maximum Gasteiger partial charge on any atom is 0.253 e. The minimum atomic E-state index is -0.482. The van der Waals surface area contributed by atoms with E-state index in [-0.39, 0.29) is 6.04 Å². The van der Waals surface area contributed by atoms with E-state index < -0.39 is 10.9 Å². The van der Waals surface area contributed by atoms with Crippen molar-refractivity contribution < 1.29 is 0 Å². The number of para-hydroxylation sites is 1. The number of aromatic nitrogens is 1. The lowest BCUT2D eigenvalue weighted by molar-refractivity contribution is 0.211. The molecule has 6 aromatic rings. The van der Waals surface area contributed by atoms with E-state index in [0.717, 1.165) is 68.9 Å². The molecular weight excluding hydrogens is 544 g/mol. The van der Waals surface area contributed by atoms with Crippen LogP contribution in [0.1, 0.15) is 42.4 Å². The van der Waals surface area contributed by atoms with Crippen LogP contribution in [0.5, 0.6) is 0 Å². The third-order valence-corrected chi connectivity index (χ3v) is 9.08. The fraction of sp³-hybridized carbons (Fsp3) is 0.211. The third-order valence-electron chi connectivity index (χ3n) is 9.08. The van der Waals surface area contributed by atoms with Gasteiger partial charge in [-0.15, -0.1) is 0 Å². The Morgan fingerprint density at radius 3 is 2.32 bits per heavy atom. The molecule has 1 heterocycles. The number of aromatic amines is 1. The summed E-state index contributed by atoms with van der Waals surface area (Å²) in [5.41, 5.74) is 5.74. The van der Waals surface area contributed by atoms with Crippen molar-refractivity contribution in [1.29, 1.82) is 0 Å². The fourth-order valence-corrected chi connectivity index (χ4v) is 6.83. The second-order valence-corrected chi connectivity index (χ2v) is 12.0. The molecule has 1 aliphatic rings. The largest absolute Gasteiger partial charge is 0.376 e. The summed E-state index contributed by atoms with van der Waals surface area (Å²) in [7, 11) is 4.16. The minimum absolute atomic E-state index is 0.110. The molecule has 1 saturated carbocycles. The van der Waals surface area contributed by atoms with E-state index in [1.165, 1.54) is 6.42 Å². The second-order valence-electron chi connectivity index (χ2n) is 12.0. The number of H-pyrrole nitrogens is 1. The number of hydrogen-bond donors (Lipinski definition) is 3. The van der Waals surface area contributed by atoms with Crippen LogP contribution in [-0.2, 0) is 0 Å². The highest BCUT2D eigenvalue weighted by Gasteiger charge is 2.31. The Bertz CT molecular complexity index is 2060. The van der Waals surface area contributed by atoms with E-state index in [0.29, 0.717) is 17.4 Å². The lowest BCUT2D eigenvalue weighted by Gasteiger charge is -2.37. The molecule has 7 rings (SSSR count). The molecule has 1 aromatic heterocycles. The summed E-state index contributed by atoms with van der Waals surface area (Å²) >= 11 is 0. The first-order valence-corrected chi connectivity index (χ1v) is 15.4. The van der Waals surface area contributed by atoms with Gasteiger partial charge in [0, 0.05) is 46.0 Å². The van der Waals surface area contributed by atoms with Crippen molar-refractivity contribution in [3.63, 3.8) is 0 Å². The van der Waals surface area contributed by atoms with Crippen LogP contribution in [0, 0.1) is 0 Å². The van der Waals surface area contributed by atoms with Crippen molar-refractivity contribution in [2.24, 2.45) is 0 Å². The first kappa shape index (κ1) is 27.9. The van der Waals surface area contributed by atoms with E-state index in [4.69, 9.17) is 0 Å². The van der Waals surface area contributed by atoms with E-state index in [1.54, 1.807) is 0 Å². The molecule has 0 spiro atoms. The summed E-state index contributed by atoms with van der Waals surface area (Å²) < 4.78 is 0. The van der Waals surface area contributed by atoms with Gasteiger partial charge in [-0.25, -0.2) is 0 Å². The molecule has 6 heteroatoms. The maximum absolute atomic E-state index is 13.1. The van der Waals surface area contributed by atoms with Crippen LogP contribution >= 0.6 is 0 Å². The van der Waals surface area contributed by atoms with Gasteiger partial charge in [-0.05, 0) is 67.1 Å². The molecule has 44 heavy (non-hydrogen) atoms. The average molecular weight is 581 g/mol. The number of nitrogens with zero attached hydrogens (tertiary/aromatic N) is 1. The molecule has 0 bridgehead atoms. The van der Waals surface area contributed by atoms with Crippen LogP contribution < -0.4 is 21.5 Å². The summed E-state index contributed by atoms with van der Waals surface area (Å²) in [5, 5.41) is 10.2. The first-order chi connectivity index (χ1) is 21.5. The monoisotopic (exact) mass is 580 g/mol. The highest BCUT2D eigenvalue weighted by Crippen LogP contribution is 2.41. The van der Waals surface area contributed by atoms with Crippen molar-refractivity contribution in [2.45, 2.75) is 37.8 Å². The minimum Gasteiger partial charge on any atom is -0.376 e. The Hall–Kier alpha value is -4.94. The summed E-state index contributed by atoms with van der Waals surface area (Å²) in [4.78, 5) is 31.8. The van der Waals surface area contributed by atoms with Crippen LogP contribution in [0.2, 0.25) is 0 Å². The molecule has 0 radical (unpaired) electrons. The molecular formula is C38H36N4O2. The van der Waals surface area contributed by atoms with Gasteiger partial charge in [0.25, 0.3) is 10.9 Å². The number of nitrogens with one attached hydrogen (secondary N) is 3. The Balaban J connectivity index is 1.39. The molecule has 220 valence electrons. The lowest BCUT2D eigenvalue weighted by atomic mass is 9.89. The zero-order chi connectivity index (χ0) is 30.2. The van der Waals surface area contributed by atoms with Crippen molar-refractivity contribution >= 4 is 50.4 Å². The highest BCUT2D eigenvalue weighted by atomic mass is 16.2. The summed E-state index contributed by atoms with van der Waals surface area (Å²) in [6, 6.07) is 31.4. The van der Waals surface area contributed by atoms with Crippen molar-refractivity contribution in [1.82, 2.24) is 9.88 Å². The summed E-state index contributed by atoms with van der Waals surface area (Å²) in [6.07, 6.45) is 8.56. The molecule has 1 fully saturated rings. The molecule has 3 N–H and O–H groups in total. The number of hydrogen-bond acceptors (Lipinski definition) is 5. The predicted octanol–water partition coefficient (Wildman–Crippen LogP) is 7.53. The smallest absolute Gasteiger partial charge is 0.253 e. The number of anilines is 3. The Morgan fingerprint density at radius 2 is 1.50 bits per heavy atom.